The van der Waals surface area contributed by atoms with Crippen LogP contribution in [0.25, 0.3) is 61.2 Å². The summed E-state index contributed by atoms with van der Waals surface area (Å²) in [6.07, 6.45) is 8.71. The van der Waals surface area contributed by atoms with Crippen molar-refractivity contribution in [2.45, 2.75) is 110 Å². The summed E-state index contributed by atoms with van der Waals surface area (Å²) in [5.74, 6) is 1.84. The zero-order chi connectivity index (χ0) is 39.2. The van der Waals surface area contributed by atoms with E-state index in [1.54, 1.807) is 0 Å². The van der Waals surface area contributed by atoms with Gasteiger partial charge in [-0.3, -0.25) is 0 Å². The lowest BCUT2D eigenvalue weighted by Crippen LogP contribution is -2.57. The monoisotopic (exact) mass is 750 g/mol. The normalized spacial score (nSPS) is 17.1. The number of nitrogens with zero attached hydrogens (tertiary/aromatic N) is 6. The first kappa shape index (κ1) is 35.8. The summed E-state index contributed by atoms with van der Waals surface area (Å²) >= 11 is 0. The fourth-order valence-electron chi connectivity index (χ4n) is 10.3. The molecule has 2 atom stereocenters. The lowest BCUT2D eigenvalue weighted by molar-refractivity contribution is -0.759. The Hall–Kier alpha value is -5.62. The van der Waals surface area contributed by atoms with E-state index in [4.69, 9.17) is 10.1 Å². The third-order valence-corrected chi connectivity index (χ3v) is 13.3. The number of pyridine rings is 2. The van der Waals surface area contributed by atoms with Crippen LogP contribution in [0.2, 0.25) is 0 Å². The molecule has 6 heteroatoms. The Morgan fingerprint density at radius 2 is 1.61 bits per heavy atom. The van der Waals surface area contributed by atoms with Gasteiger partial charge >= 0.3 is 0 Å². The molecule has 0 saturated carbocycles. The minimum atomic E-state index is -0.208. The van der Waals surface area contributed by atoms with Crippen LogP contribution in [0.3, 0.4) is 0 Å². The van der Waals surface area contributed by atoms with Crippen molar-refractivity contribution in [2.24, 2.45) is 0 Å². The predicted octanol–water partition coefficient (Wildman–Crippen LogP) is 11.4. The van der Waals surface area contributed by atoms with Crippen molar-refractivity contribution in [3.8, 4) is 28.5 Å². The zero-order valence-corrected chi connectivity index (χ0v) is 34.6. The second-order valence-corrected chi connectivity index (χ2v) is 17.8. The fourth-order valence-corrected chi connectivity index (χ4v) is 10.3. The van der Waals surface area contributed by atoms with Crippen LogP contribution < -0.4 is 9.13 Å². The van der Waals surface area contributed by atoms with Gasteiger partial charge in [0.25, 0.3) is 5.69 Å². The maximum atomic E-state index is 5.54. The van der Waals surface area contributed by atoms with E-state index in [0.29, 0.717) is 0 Å². The molecule has 0 saturated heterocycles. The Kier molecular flexibility index (Phi) is 8.30. The smallest absolute Gasteiger partial charge is 0.250 e. The van der Waals surface area contributed by atoms with Gasteiger partial charge in [-0.1, -0.05) is 84.4 Å². The Morgan fingerprint density at radius 1 is 0.807 bits per heavy atom. The van der Waals surface area contributed by atoms with E-state index >= 15 is 0 Å². The summed E-state index contributed by atoms with van der Waals surface area (Å²) in [6, 6.07) is 41.4. The number of fused-ring (bicyclic) bond motifs is 12. The quantitative estimate of drug-likeness (QED) is 0.152. The molecule has 0 N–H and O–H groups in total. The van der Waals surface area contributed by atoms with Crippen molar-refractivity contribution in [3.05, 3.63) is 138 Å². The van der Waals surface area contributed by atoms with Crippen LogP contribution in [0.1, 0.15) is 108 Å². The molecule has 2 unspecified atom stereocenters. The molecule has 6 heterocycles. The van der Waals surface area contributed by atoms with E-state index in [2.05, 4.69) is 182 Å². The number of aromatic nitrogens is 6. The number of hydrogen-bond acceptors (Lipinski definition) is 2. The van der Waals surface area contributed by atoms with Gasteiger partial charge in [-0.2, -0.15) is 14.2 Å². The molecule has 10 rings (SSSR count). The Morgan fingerprint density at radius 3 is 2.42 bits per heavy atom. The molecular weight excluding hydrogens is 697 g/mol. The lowest BCUT2D eigenvalue weighted by atomic mass is 9.81. The summed E-state index contributed by atoms with van der Waals surface area (Å²) < 4.78 is 10.1. The summed E-state index contributed by atoms with van der Waals surface area (Å²) in [4.78, 5) is 5.44. The topological polar surface area (TPSA) is 43.4 Å². The van der Waals surface area contributed by atoms with Gasteiger partial charge in [0.2, 0.25) is 23.1 Å². The van der Waals surface area contributed by atoms with Crippen molar-refractivity contribution >= 4 is 32.7 Å². The van der Waals surface area contributed by atoms with Gasteiger partial charge in [0.05, 0.1) is 16.6 Å². The van der Waals surface area contributed by atoms with E-state index in [0.717, 1.165) is 43.0 Å². The van der Waals surface area contributed by atoms with Crippen LogP contribution in [0.4, 0.5) is 0 Å². The predicted molar refractivity (Wildman–Crippen MR) is 232 cm³/mol. The van der Waals surface area contributed by atoms with Crippen molar-refractivity contribution < 1.29 is 9.13 Å². The maximum absolute atomic E-state index is 5.54. The summed E-state index contributed by atoms with van der Waals surface area (Å²) in [5.41, 5.74) is 12.4. The zero-order valence-electron chi connectivity index (χ0n) is 34.6. The molecule has 0 aliphatic carbocycles. The highest BCUT2D eigenvalue weighted by Crippen LogP contribution is 2.51. The van der Waals surface area contributed by atoms with Gasteiger partial charge in [-0.05, 0) is 79.4 Å². The van der Waals surface area contributed by atoms with Crippen LogP contribution in [0.15, 0.2) is 115 Å². The minimum absolute atomic E-state index is 0.0134. The third kappa shape index (κ3) is 5.36. The number of rotatable bonds is 7. The standard InChI is InChI=1S/C51H54N6/c1-8-11-17-34-18-16-19-36(31-34)55-39-21-13-12-20-37(39)45-40(55)28-26-38-46(45)41-27-25-35-24-23-33(4)30-43(35)56(41)47(38)44-32-51(9-2,10-3)54-29-15-14-22-42(54)48-52-49(50(5,6)7)53-57(44)48/h12-16,18-31,44,47H,8-11,17,32H2,1-7H3/q+2. The molecule has 4 aromatic heterocycles. The summed E-state index contributed by atoms with van der Waals surface area (Å²) in [6.45, 7) is 15.9. The van der Waals surface area contributed by atoms with Crippen LogP contribution in [0, 0.1) is 6.92 Å². The number of para-hydroxylation sites is 1. The van der Waals surface area contributed by atoms with Crippen molar-refractivity contribution in [1.82, 2.24) is 19.3 Å². The maximum Gasteiger partial charge on any atom is 0.250 e. The molecule has 0 fully saturated rings. The van der Waals surface area contributed by atoms with E-state index < -0.39 is 0 Å². The molecule has 6 nitrogen and oxygen atoms in total. The van der Waals surface area contributed by atoms with E-state index in [-0.39, 0.29) is 23.0 Å². The van der Waals surface area contributed by atoms with Gasteiger partial charge in [0.15, 0.2) is 17.6 Å². The molecule has 0 bridgehead atoms. The Labute approximate surface area is 336 Å². The van der Waals surface area contributed by atoms with Crippen LogP contribution in [-0.2, 0) is 17.4 Å². The Bertz CT molecular complexity index is 2860. The third-order valence-electron chi connectivity index (χ3n) is 13.3. The highest BCUT2D eigenvalue weighted by molar-refractivity contribution is 6.16. The van der Waals surface area contributed by atoms with Crippen molar-refractivity contribution in [1.29, 1.82) is 0 Å². The number of hydrogen-bond donors (Lipinski definition) is 0. The van der Waals surface area contributed by atoms with Crippen LogP contribution >= 0.6 is 0 Å². The largest absolute Gasteiger partial charge is 0.309 e. The number of aryl methyl sites for hydroxylation is 2. The average Bonchev–Trinajstić information content (AvgIpc) is 3.90. The van der Waals surface area contributed by atoms with Gasteiger partial charge in [0.1, 0.15) is 6.04 Å². The first-order valence-corrected chi connectivity index (χ1v) is 21.2. The minimum Gasteiger partial charge on any atom is -0.309 e. The first-order valence-electron chi connectivity index (χ1n) is 21.2. The SMILES string of the molecule is CCCCc1cccc(-n2c3ccccc3c3c4c(ccc32)C(C2CC(CC)(CC)[n+]3ccccc3-c3nc(C(C)(C)C)nn32)[n+]2c-4ccc3ccc(C)cc32)c1. The van der Waals surface area contributed by atoms with Gasteiger partial charge < -0.3 is 4.57 Å². The van der Waals surface area contributed by atoms with Crippen LogP contribution in [0.5, 0.6) is 0 Å². The molecular formula is C51H54N6+2. The lowest BCUT2D eigenvalue weighted by Gasteiger charge is -2.30. The second kappa shape index (κ2) is 13.2. The van der Waals surface area contributed by atoms with E-state index in [1.807, 2.05) is 0 Å². The number of benzene rings is 4. The number of unbranched alkanes of at least 4 members (excludes halogenated alkanes) is 1. The van der Waals surface area contributed by atoms with Gasteiger partial charge in [-0.15, -0.1) is 0 Å². The molecule has 8 aromatic rings. The van der Waals surface area contributed by atoms with Crippen molar-refractivity contribution in [2.75, 3.05) is 0 Å². The first-order chi connectivity index (χ1) is 27.7. The fraction of sp³-hybridized carbons (Fsp3) is 0.333. The van der Waals surface area contributed by atoms with E-state index in [9.17, 15) is 0 Å². The molecule has 0 radical (unpaired) electrons. The molecule has 57 heavy (non-hydrogen) atoms. The second-order valence-electron chi connectivity index (χ2n) is 17.8. The highest BCUT2D eigenvalue weighted by Gasteiger charge is 2.54. The molecule has 2 aliphatic rings. The van der Waals surface area contributed by atoms with Gasteiger partial charge in [0, 0.05) is 76.4 Å². The average molecular weight is 751 g/mol. The van der Waals surface area contributed by atoms with Crippen molar-refractivity contribution in [3.63, 3.8) is 0 Å². The molecule has 286 valence electrons. The summed E-state index contributed by atoms with van der Waals surface area (Å²) in [7, 11) is 0. The molecule has 0 amide bonds. The van der Waals surface area contributed by atoms with Crippen LogP contribution in [-0.4, -0.2) is 19.3 Å². The highest BCUT2D eigenvalue weighted by atomic mass is 15.4. The van der Waals surface area contributed by atoms with E-state index in [1.165, 1.54) is 79.2 Å². The molecule has 4 aromatic carbocycles. The summed E-state index contributed by atoms with van der Waals surface area (Å²) in [5, 5.41) is 9.41. The molecule has 0 spiro atoms. The van der Waals surface area contributed by atoms with Gasteiger partial charge in [-0.25, -0.2) is 9.67 Å². The Balaban J connectivity index is 1.31. The molecule has 2 aliphatic heterocycles.